The van der Waals surface area contributed by atoms with Crippen molar-refractivity contribution < 1.29 is 49.3 Å². The van der Waals surface area contributed by atoms with Gasteiger partial charge in [-0.05, 0) is 33.1 Å². The van der Waals surface area contributed by atoms with Crippen LogP contribution in [0.25, 0.3) is 0 Å². The highest BCUT2D eigenvalue weighted by Crippen LogP contribution is 2.40. The molecule has 0 amide bonds. The average Bonchev–Trinajstić information content (AvgIpc) is 3.56. The first kappa shape index (κ1) is 30.7. The number of carboxylic acids is 1. The summed E-state index contributed by atoms with van der Waals surface area (Å²) in [6.07, 6.45) is 2.29. The molecule has 5 N–H and O–H groups in total. The van der Waals surface area contributed by atoms with Gasteiger partial charge in [-0.3, -0.25) is 4.79 Å². The van der Waals surface area contributed by atoms with E-state index in [2.05, 4.69) is 0 Å². The lowest BCUT2D eigenvalue weighted by Gasteiger charge is -2.43. The summed E-state index contributed by atoms with van der Waals surface area (Å²) < 4.78 is 16.5. The van der Waals surface area contributed by atoms with Gasteiger partial charge in [0.25, 0.3) is 0 Å². The van der Waals surface area contributed by atoms with Gasteiger partial charge < -0.3 is 39.7 Å². The van der Waals surface area contributed by atoms with E-state index >= 15 is 0 Å². The molecule has 2 heterocycles. The van der Waals surface area contributed by atoms with Crippen molar-refractivity contribution in [1.82, 2.24) is 0 Å². The molecule has 0 unspecified atom stereocenters. The van der Waals surface area contributed by atoms with Crippen LogP contribution in [0.15, 0.2) is 11.6 Å². The normalized spacial score (nSPS) is 32.1. The molecular formula is C26H44O10. The lowest BCUT2D eigenvalue weighted by molar-refractivity contribution is -0.236. The SMILES string of the molecule is C/C(=C\C(=O)OCCCCCCCCC(=O)O)C[C@@H]1OC[C@](O)(C[C@H]2O[C@@H]2[C@@H](C)[C@H](C)O)[C@@H](O)[C@H]1O. The molecule has 0 aromatic carbocycles. The third-order valence-electron chi connectivity index (χ3n) is 7.17. The average molecular weight is 517 g/mol. The molecule has 10 nitrogen and oxygen atoms in total. The second-order valence-electron chi connectivity index (χ2n) is 10.5. The zero-order valence-electron chi connectivity index (χ0n) is 21.7. The second kappa shape index (κ2) is 14.4. The van der Waals surface area contributed by atoms with Crippen LogP contribution in [0.1, 0.15) is 78.6 Å². The molecule has 0 saturated carbocycles. The second-order valence-corrected chi connectivity index (χ2v) is 10.5. The molecule has 0 radical (unpaired) electrons. The van der Waals surface area contributed by atoms with E-state index in [0.717, 1.165) is 32.1 Å². The number of epoxide rings is 1. The minimum atomic E-state index is -1.67. The molecule has 2 aliphatic rings. The van der Waals surface area contributed by atoms with E-state index in [4.69, 9.17) is 19.3 Å². The largest absolute Gasteiger partial charge is 0.481 e. The molecule has 10 heteroatoms. The Morgan fingerprint density at radius 3 is 2.36 bits per heavy atom. The van der Waals surface area contributed by atoms with Crippen LogP contribution >= 0.6 is 0 Å². The molecule has 8 atom stereocenters. The zero-order chi connectivity index (χ0) is 26.9. The van der Waals surface area contributed by atoms with Crippen molar-refractivity contribution in [3.63, 3.8) is 0 Å². The molecular weight excluding hydrogens is 472 g/mol. The van der Waals surface area contributed by atoms with E-state index in [1.54, 1.807) is 13.8 Å². The Bertz CT molecular complexity index is 738. The lowest BCUT2D eigenvalue weighted by atomic mass is 9.82. The van der Waals surface area contributed by atoms with E-state index in [0.29, 0.717) is 18.6 Å². The number of rotatable bonds is 16. The highest BCUT2D eigenvalue weighted by molar-refractivity contribution is 5.82. The molecule has 208 valence electrons. The maximum atomic E-state index is 12.1. The fourth-order valence-electron chi connectivity index (χ4n) is 4.60. The Hall–Kier alpha value is -1.56. The van der Waals surface area contributed by atoms with Crippen LogP contribution < -0.4 is 0 Å². The molecule has 0 aliphatic carbocycles. The highest BCUT2D eigenvalue weighted by atomic mass is 16.6. The van der Waals surface area contributed by atoms with E-state index in [-0.39, 0.29) is 44.0 Å². The molecule has 0 spiro atoms. The molecule has 2 saturated heterocycles. The van der Waals surface area contributed by atoms with Crippen molar-refractivity contribution in [2.45, 2.75) is 121 Å². The van der Waals surface area contributed by atoms with E-state index in [9.17, 15) is 30.0 Å². The summed E-state index contributed by atoms with van der Waals surface area (Å²) >= 11 is 0. The Kier molecular flexibility index (Phi) is 12.3. The van der Waals surface area contributed by atoms with Crippen molar-refractivity contribution in [3.8, 4) is 0 Å². The summed E-state index contributed by atoms with van der Waals surface area (Å²) in [6.45, 7) is 5.35. The predicted molar refractivity (Wildman–Crippen MR) is 130 cm³/mol. The summed E-state index contributed by atoms with van der Waals surface area (Å²) in [7, 11) is 0. The maximum absolute atomic E-state index is 12.1. The lowest BCUT2D eigenvalue weighted by Crippen LogP contribution is -2.61. The molecule has 36 heavy (non-hydrogen) atoms. The quantitative estimate of drug-likeness (QED) is 0.0882. The number of carbonyl (C=O) groups excluding carboxylic acids is 1. The van der Waals surface area contributed by atoms with Gasteiger partial charge in [0.2, 0.25) is 0 Å². The van der Waals surface area contributed by atoms with Gasteiger partial charge in [0.05, 0.1) is 37.6 Å². The molecule has 2 rings (SSSR count). The standard InChI is InChI=1S/C26H44O10/c1-16(13-22(30)34-11-9-7-5-4-6-8-10-21(28)29)12-19-23(31)25(32)26(33,15-35-19)14-20-24(36-20)17(2)18(3)27/h13,17-20,23-25,27,31-33H,4-12,14-15H2,1-3H3,(H,28,29)/b16-13+/t17-,18-,19-,20+,23-,24+,25-,26+/m0/s1. The summed E-state index contributed by atoms with van der Waals surface area (Å²) in [5.41, 5.74) is -1.04. The van der Waals surface area contributed by atoms with Gasteiger partial charge in [-0.1, -0.05) is 38.2 Å². The third-order valence-corrected chi connectivity index (χ3v) is 7.17. The van der Waals surface area contributed by atoms with Gasteiger partial charge in [0.1, 0.15) is 17.8 Å². The minimum Gasteiger partial charge on any atom is -0.481 e. The van der Waals surface area contributed by atoms with Crippen LogP contribution in [-0.2, 0) is 23.8 Å². The number of esters is 1. The molecule has 0 aromatic rings. The highest BCUT2D eigenvalue weighted by Gasteiger charge is 2.54. The third kappa shape index (κ3) is 9.72. The van der Waals surface area contributed by atoms with Crippen molar-refractivity contribution in [3.05, 3.63) is 11.6 Å². The van der Waals surface area contributed by atoms with Crippen LogP contribution in [0.5, 0.6) is 0 Å². The number of ether oxygens (including phenoxy) is 3. The van der Waals surface area contributed by atoms with Crippen LogP contribution in [0.4, 0.5) is 0 Å². The minimum absolute atomic E-state index is 0.0865. The molecule has 0 aromatic heterocycles. The van der Waals surface area contributed by atoms with Gasteiger partial charge >= 0.3 is 11.9 Å². The van der Waals surface area contributed by atoms with E-state index in [1.807, 2.05) is 6.92 Å². The Morgan fingerprint density at radius 2 is 1.72 bits per heavy atom. The first-order valence-corrected chi connectivity index (χ1v) is 13.0. The number of carbonyl (C=O) groups is 2. The van der Waals surface area contributed by atoms with Crippen molar-refractivity contribution >= 4 is 11.9 Å². The van der Waals surface area contributed by atoms with Crippen molar-refractivity contribution in [1.29, 1.82) is 0 Å². The number of aliphatic hydroxyl groups excluding tert-OH is 3. The van der Waals surface area contributed by atoms with Gasteiger partial charge in [0.15, 0.2) is 0 Å². The van der Waals surface area contributed by atoms with Crippen LogP contribution in [0, 0.1) is 5.92 Å². The molecule has 2 aliphatic heterocycles. The maximum Gasteiger partial charge on any atom is 0.330 e. The number of carboxylic acid groups (broad SMARTS) is 1. The van der Waals surface area contributed by atoms with Crippen LogP contribution in [0.3, 0.4) is 0 Å². The Labute approximate surface area is 213 Å². The van der Waals surface area contributed by atoms with Crippen molar-refractivity contribution in [2.75, 3.05) is 13.2 Å². The smallest absolute Gasteiger partial charge is 0.330 e. The topological polar surface area (TPSA) is 166 Å². The number of unbranched alkanes of at least 4 members (excludes halogenated alkanes) is 5. The van der Waals surface area contributed by atoms with Gasteiger partial charge in [-0.2, -0.15) is 0 Å². The van der Waals surface area contributed by atoms with Gasteiger partial charge in [0, 0.05) is 24.8 Å². The summed E-state index contributed by atoms with van der Waals surface area (Å²) in [6, 6.07) is 0. The number of aliphatic hydroxyl groups is 4. The summed E-state index contributed by atoms with van der Waals surface area (Å²) in [5, 5.41) is 50.4. The predicted octanol–water partition coefficient (Wildman–Crippen LogP) is 1.71. The first-order chi connectivity index (χ1) is 16.9. The Morgan fingerprint density at radius 1 is 1.08 bits per heavy atom. The van der Waals surface area contributed by atoms with Gasteiger partial charge in [-0.25, -0.2) is 4.79 Å². The monoisotopic (exact) mass is 516 g/mol. The van der Waals surface area contributed by atoms with E-state index in [1.165, 1.54) is 6.08 Å². The fraction of sp³-hybridized carbons (Fsp3) is 0.846. The van der Waals surface area contributed by atoms with Crippen LogP contribution in [-0.4, -0.2) is 92.9 Å². The zero-order valence-corrected chi connectivity index (χ0v) is 21.7. The van der Waals surface area contributed by atoms with Crippen LogP contribution in [0.2, 0.25) is 0 Å². The number of aliphatic carboxylic acids is 1. The summed E-state index contributed by atoms with van der Waals surface area (Å²) in [4.78, 5) is 22.5. The molecule has 0 bridgehead atoms. The van der Waals surface area contributed by atoms with Gasteiger partial charge in [-0.15, -0.1) is 0 Å². The fourth-order valence-corrected chi connectivity index (χ4v) is 4.60. The number of hydrogen-bond acceptors (Lipinski definition) is 9. The summed E-state index contributed by atoms with van der Waals surface area (Å²) in [5.74, 6) is -1.37. The molecule has 2 fully saturated rings. The Balaban J connectivity index is 1.67. The van der Waals surface area contributed by atoms with Crippen molar-refractivity contribution in [2.24, 2.45) is 5.92 Å². The van der Waals surface area contributed by atoms with E-state index < -0.39 is 42.0 Å². The first-order valence-electron chi connectivity index (χ1n) is 13.0. The number of hydrogen-bond donors (Lipinski definition) is 5.